The lowest BCUT2D eigenvalue weighted by Crippen LogP contribution is -1.94. The molecule has 12 heavy (non-hydrogen) atoms. The molecule has 0 unspecified atom stereocenters. The summed E-state index contributed by atoms with van der Waals surface area (Å²) in [7, 11) is 0. The normalized spacial score (nSPS) is 10.3. The summed E-state index contributed by atoms with van der Waals surface area (Å²) in [6, 6.07) is 7.09. The fourth-order valence-corrected chi connectivity index (χ4v) is 1.19. The van der Waals surface area contributed by atoms with Crippen molar-refractivity contribution in [2.75, 3.05) is 0 Å². The molecule has 1 aromatic carbocycles. The van der Waals surface area contributed by atoms with Gasteiger partial charge >= 0.3 is 0 Å². The van der Waals surface area contributed by atoms with E-state index < -0.39 is 0 Å². The first kappa shape index (κ1) is 9.33. The molecule has 1 nitrogen and oxygen atoms in total. The van der Waals surface area contributed by atoms with E-state index in [0.29, 0.717) is 10.8 Å². The van der Waals surface area contributed by atoms with E-state index in [1.165, 1.54) is 6.07 Å². The van der Waals surface area contributed by atoms with Gasteiger partial charge < -0.3 is 0 Å². The van der Waals surface area contributed by atoms with Gasteiger partial charge in [-0.3, -0.25) is 4.79 Å². The van der Waals surface area contributed by atoms with E-state index in [1.54, 1.807) is 6.07 Å². The van der Waals surface area contributed by atoms with Gasteiger partial charge in [0.2, 0.25) is 0 Å². The van der Waals surface area contributed by atoms with Crippen LogP contribution in [0.1, 0.15) is 25.3 Å². The summed E-state index contributed by atoms with van der Waals surface area (Å²) in [6.07, 6.45) is 0. The van der Waals surface area contributed by atoms with Crippen LogP contribution in [0.15, 0.2) is 34.0 Å². The van der Waals surface area contributed by atoms with Crippen molar-refractivity contribution in [2.24, 2.45) is 0 Å². The standard InChI is InChI=1S/C10H12OS/c1-7(2)8-4-3-5-9(11)10(12)6-8/h3-7H,1-2H3,(H,11,12). The molecule has 0 heterocycles. The van der Waals surface area contributed by atoms with Crippen molar-refractivity contribution in [3.8, 4) is 0 Å². The molecule has 0 bridgehead atoms. The minimum atomic E-state index is -0.0229. The van der Waals surface area contributed by atoms with Crippen LogP contribution in [0, 0.1) is 0 Å². The molecule has 0 saturated heterocycles. The van der Waals surface area contributed by atoms with E-state index in [2.05, 4.69) is 26.5 Å². The maximum atomic E-state index is 11.1. The van der Waals surface area contributed by atoms with Crippen LogP contribution < -0.4 is 5.43 Å². The third-order valence-corrected chi connectivity index (χ3v) is 2.11. The highest BCUT2D eigenvalue weighted by molar-refractivity contribution is 7.80. The molecule has 0 spiro atoms. The van der Waals surface area contributed by atoms with Crippen LogP contribution in [0.2, 0.25) is 0 Å². The van der Waals surface area contributed by atoms with E-state index in [4.69, 9.17) is 0 Å². The van der Waals surface area contributed by atoms with Crippen LogP contribution in [0.3, 0.4) is 0 Å². The molecular weight excluding hydrogens is 168 g/mol. The zero-order valence-corrected chi connectivity index (χ0v) is 8.14. The highest BCUT2D eigenvalue weighted by Crippen LogP contribution is 2.13. The first-order valence-corrected chi connectivity index (χ1v) is 4.39. The summed E-state index contributed by atoms with van der Waals surface area (Å²) in [6.45, 7) is 4.18. The highest BCUT2D eigenvalue weighted by Gasteiger charge is 1.98. The number of rotatable bonds is 1. The predicted octanol–water partition coefficient (Wildman–Crippen LogP) is 2.46. The largest absolute Gasteiger partial charge is 0.289 e. The fourth-order valence-electron chi connectivity index (χ4n) is 0.968. The quantitative estimate of drug-likeness (QED) is 0.657. The third-order valence-electron chi connectivity index (χ3n) is 1.76. The van der Waals surface area contributed by atoms with Crippen molar-refractivity contribution in [3.63, 3.8) is 0 Å². The van der Waals surface area contributed by atoms with Crippen molar-refractivity contribution in [2.45, 2.75) is 24.7 Å². The molecule has 0 saturated carbocycles. The lowest BCUT2D eigenvalue weighted by atomic mass is 10.1. The maximum absolute atomic E-state index is 11.1. The fraction of sp³-hybridized carbons (Fsp3) is 0.300. The smallest absolute Gasteiger partial charge is 0.191 e. The Kier molecular flexibility index (Phi) is 2.93. The Morgan fingerprint density at radius 2 is 2.00 bits per heavy atom. The van der Waals surface area contributed by atoms with E-state index in [0.717, 1.165) is 5.56 Å². The van der Waals surface area contributed by atoms with Gasteiger partial charge in [0.1, 0.15) is 0 Å². The van der Waals surface area contributed by atoms with Crippen LogP contribution in [-0.2, 0) is 0 Å². The molecule has 0 aliphatic carbocycles. The number of thiol groups is 1. The topological polar surface area (TPSA) is 17.1 Å². The molecule has 0 aliphatic heterocycles. The van der Waals surface area contributed by atoms with E-state index in [-0.39, 0.29) is 5.43 Å². The molecule has 0 fully saturated rings. The average molecular weight is 180 g/mol. The Hall–Kier alpha value is -0.760. The van der Waals surface area contributed by atoms with Crippen molar-refractivity contribution in [1.29, 1.82) is 0 Å². The van der Waals surface area contributed by atoms with Crippen LogP contribution in [0.25, 0.3) is 0 Å². The molecule has 1 rings (SSSR count). The molecule has 0 amide bonds. The summed E-state index contributed by atoms with van der Waals surface area (Å²) < 4.78 is 0. The maximum Gasteiger partial charge on any atom is 0.191 e. The van der Waals surface area contributed by atoms with Gasteiger partial charge in [0.25, 0.3) is 0 Å². The third kappa shape index (κ3) is 2.11. The summed E-state index contributed by atoms with van der Waals surface area (Å²) in [4.78, 5) is 11.6. The van der Waals surface area contributed by atoms with Crippen molar-refractivity contribution < 1.29 is 0 Å². The first-order valence-electron chi connectivity index (χ1n) is 3.94. The Morgan fingerprint density at radius 1 is 1.33 bits per heavy atom. The molecule has 2 heteroatoms. The second-order valence-corrected chi connectivity index (χ2v) is 3.56. The minimum Gasteiger partial charge on any atom is -0.289 e. The number of hydrogen-bond donors (Lipinski definition) is 1. The minimum absolute atomic E-state index is 0.0229. The van der Waals surface area contributed by atoms with Gasteiger partial charge in [-0.15, -0.1) is 12.6 Å². The summed E-state index contributed by atoms with van der Waals surface area (Å²) in [5.74, 6) is 0.433. The van der Waals surface area contributed by atoms with Crippen LogP contribution in [0.5, 0.6) is 0 Å². The van der Waals surface area contributed by atoms with Crippen LogP contribution in [-0.4, -0.2) is 0 Å². The Labute approximate surface area is 77.9 Å². The van der Waals surface area contributed by atoms with Gasteiger partial charge in [-0.2, -0.15) is 0 Å². The summed E-state index contributed by atoms with van der Waals surface area (Å²) in [5, 5.41) is 0. The number of hydrogen-bond acceptors (Lipinski definition) is 2. The summed E-state index contributed by atoms with van der Waals surface area (Å²) >= 11 is 4.10. The second kappa shape index (κ2) is 3.76. The van der Waals surface area contributed by atoms with Crippen molar-refractivity contribution in [1.82, 2.24) is 0 Å². The zero-order chi connectivity index (χ0) is 9.14. The van der Waals surface area contributed by atoms with E-state index in [9.17, 15) is 4.79 Å². The van der Waals surface area contributed by atoms with Crippen LogP contribution in [0.4, 0.5) is 0 Å². The summed E-state index contributed by atoms with van der Waals surface area (Å²) in [5.41, 5.74) is 1.12. The van der Waals surface area contributed by atoms with Gasteiger partial charge in [0, 0.05) is 0 Å². The Balaban J connectivity index is 3.31. The molecule has 0 aromatic heterocycles. The zero-order valence-electron chi connectivity index (χ0n) is 7.24. The Bertz CT molecular complexity index is 331. The van der Waals surface area contributed by atoms with Gasteiger partial charge in [0.05, 0.1) is 4.90 Å². The van der Waals surface area contributed by atoms with Gasteiger partial charge in [0.15, 0.2) is 5.43 Å². The average Bonchev–Trinajstić information content (AvgIpc) is 2.15. The van der Waals surface area contributed by atoms with Gasteiger partial charge in [-0.05, 0) is 23.6 Å². The van der Waals surface area contributed by atoms with Crippen molar-refractivity contribution in [3.05, 3.63) is 40.1 Å². The Morgan fingerprint density at radius 3 is 2.58 bits per heavy atom. The lowest BCUT2D eigenvalue weighted by Gasteiger charge is -2.00. The monoisotopic (exact) mass is 180 g/mol. The molecule has 0 radical (unpaired) electrons. The second-order valence-electron chi connectivity index (χ2n) is 3.07. The van der Waals surface area contributed by atoms with E-state index >= 15 is 0 Å². The molecule has 1 aromatic rings. The SMILES string of the molecule is CC(C)c1cccc(=O)c(S)c1. The lowest BCUT2D eigenvalue weighted by molar-refractivity contribution is 0.865. The molecule has 0 aliphatic rings. The molecule has 64 valence electrons. The van der Waals surface area contributed by atoms with Gasteiger partial charge in [-0.1, -0.05) is 26.0 Å². The molecule has 0 atom stereocenters. The van der Waals surface area contributed by atoms with Crippen LogP contribution >= 0.6 is 12.6 Å². The molecule has 0 N–H and O–H groups in total. The molecular formula is C10H12OS. The van der Waals surface area contributed by atoms with E-state index in [1.807, 2.05) is 12.1 Å². The van der Waals surface area contributed by atoms with Crippen molar-refractivity contribution >= 4 is 12.6 Å². The predicted molar refractivity (Wildman–Crippen MR) is 54.1 cm³/mol. The van der Waals surface area contributed by atoms with Gasteiger partial charge in [-0.25, -0.2) is 0 Å². The highest BCUT2D eigenvalue weighted by atomic mass is 32.1. The first-order chi connectivity index (χ1) is 5.61.